The van der Waals surface area contributed by atoms with Crippen LogP contribution in [0.15, 0.2) is 28.5 Å². The lowest BCUT2D eigenvalue weighted by Crippen LogP contribution is -2.31. The Morgan fingerprint density at radius 1 is 1.50 bits per heavy atom. The molecule has 1 aliphatic heterocycles. The van der Waals surface area contributed by atoms with Crippen LogP contribution >= 0.6 is 0 Å². The zero-order valence-corrected chi connectivity index (χ0v) is 10.0. The highest BCUT2D eigenvalue weighted by atomic mass is 32.2. The summed E-state index contributed by atoms with van der Waals surface area (Å²) in [6.07, 6.45) is 1.61. The summed E-state index contributed by atoms with van der Waals surface area (Å²) in [5, 5.41) is 3.08. The average molecular weight is 267 g/mol. The van der Waals surface area contributed by atoms with Gasteiger partial charge in [-0.2, -0.15) is 8.42 Å². The fraction of sp³-hybridized carbons (Fsp3) is 0.333. The van der Waals surface area contributed by atoms with Gasteiger partial charge in [0, 0.05) is 24.2 Å². The second kappa shape index (κ2) is 4.63. The van der Waals surface area contributed by atoms with Gasteiger partial charge in [0.1, 0.15) is 0 Å². The fourth-order valence-corrected chi connectivity index (χ4v) is 3.18. The molecule has 1 amide bonds. The summed E-state index contributed by atoms with van der Waals surface area (Å²) < 4.78 is 24.8. The standard InChI is InChI=1S/C9H9N5O3S/c10-13-12-5-2-6-14-9(15)7-3-1-4-11-8(7)18(14,16)17/h1,3-4H,2,5-6H2. The molecule has 0 unspecified atom stereocenters. The van der Waals surface area contributed by atoms with E-state index >= 15 is 0 Å². The molecule has 1 aromatic heterocycles. The van der Waals surface area contributed by atoms with Crippen LogP contribution in [0.3, 0.4) is 0 Å². The van der Waals surface area contributed by atoms with Crippen molar-refractivity contribution in [1.82, 2.24) is 9.29 Å². The maximum atomic E-state index is 12.0. The highest BCUT2D eigenvalue weighted by molar-refractivity contribution is 7.90. The number of hydrogen-bond acceptors (Lipinski definition) is 5. The van der Waals surface area contributed by atoms with Crippen LogP contribution in [0.1, 0.15) is 16.8 Å². The summed E-state index contributed by atoms with van der Waals surface area (Å²) in [6.45, 7) is 0.121. The molecule has 0 N–H and O–H groups in total. The van der Waals surface area contributed by atoms with Crippen molar-refractivity contribution in [2.24, 2.45) is 5.11 Å². The third kappa shape index (κ3) is 1.89. The first-order chi connectivity index (χ1) is 8.59. The van der Waals surface area contributed by atoms with E-state index in [1.807, 2.05) is 0 Å². The minimum absolute atomic E-state index is 0.0173. The quantitative estimate of drug-likeness (QED) is 0.349. The molecule has 0 saturated heterocycles. The van der Waals surface area contributed by atoms with E-state index in [1.165, 1.54) is 18.3 Å². The summed E-state index contributed by atoms with van der Waals surface area (Å²) in [7, 11) is -3.84. The number of nitrogens with zero attached hydrogens (tertiary/aromatic N) is 5. The summed E-state index contributed by atoms with van der Waals surface area (Å²) >= 11 is 0. The van der Waals surface area contributed by atoms with Crippen LogP contribution in [-0.4, -0.2) is 36.7 Å². The Labute approximate surface area is 103 Å². The molecule has 1 aliphatic rings. The second-order valence-electron chi connectivity index (χ2n) is 3.55. The number of hydrogen-bond donors (Lipinski definition) is 0. The third-order valence-corrected chi connectivity index (χ3v) is 4.19. The van der Waals surface area contributed by atoms with Gasteiger partial charge in [-0.3, -0.25) is 4.79 Å². The number of carbonyl (C=O) groups is 1. The zero-order valence-electron chi connectivity index (χ0n) is 9.22. The molecule has 0 spiro atoms. The maximum Gasteiger partial charge on any atom is 0.285 e. The lowest BCUT2D eigenvalue weighted by Gasteiger charge is -2.13. The molecule has 18 heavy (non-hydrogen) atoms. The Morgan fingerprint density at radius 2 is 2.28 bits per heavy atom. The van der Waals surface area contributed by atoms with Gasteiger partial charge >= 0.3 is 0 Å². The maximum absolute atomic E-state index is 12.0. The predicted octanol–water partition coefficient (Wildman–Crippen LogP) is 0.927. The molecule has 9 heteroatoms. The van der Waals surface area contributed by atoms with Crippen molar-refractivity contribution in [3.63, 3.8) is 0 Å². The molecule has 0 atom stereocenters. The molecule has 0 fully saturated rings. The number of amides is 1. The fourth-order valence-electron chi connectivity index (χ4n) is 1.66. The Hall–Kier alpha value is -2.12. The van der Waals surface area contributed by atoms with Gasteiger partial charge in [-0.25, -0.2) is 9.29 Å². The number of rotatable bonds is 4. The van der Waals surface area contributed by atoms with Crippen LogP contribution in [-0.2, 0) is 10.0 Å². The van der Waals surface area contributed by atoms with Gasteiger partial charge in [0.25, 0.3) is 15.9 Å². The minimum atomic E-state index is -3.84. The molecule has 0 saturated carbocycles. The van der Waals surface area contributed by atoms with E-state index in [9.17, 15) is 13.2 Å². The normalized spacial score (nSPS) is 16.2. The summed E-state index contributed by atoms with van der Waals surface area (Å²) in [5.41, 5.74) is 8.19. The average Bonchev–Trinajstić information content (AvgIpc) is 2.55. The summed E-state index contributed by atoms with van der Waals surface area (Å²) in [5.74, 6) is -0.584. The lowest BCUT2D eigenvalue weighted by atomic mass is 10.2. The Kier molecular flexibility index (Phi) is 3.17. The highest BCUT2D eigenvalue weighted by Crippen LogP contribution is 2.27. The second-order valence-corrected chi connectivity index (χ2v) is 5.32. The molecule has 8 nitrogen and oxygen atoms in total. The van der Waals surface area contributed by atoms with Gasteiger partial charge < -0.3 is 0 Å². The minimum Gasteiger partial charge on any atom is -0.268 e. The van der Waals surface area contributed by atoms with E-state index in [2.05, 4.69) is 15.0 Å². The molecule has 0 bridgehead atoms. The van der Waals surface area contributed by atoms with Crippen LogP contribution in [0, 0.1) is 0 Å². The van der Waals surface area contributed by atoms with E-state index < -0.39 is 15.9 Å². The van der Waals surface area contributed by atoms with Gasteiger partial charge in [-0.1, -0.05) is 5.11 Å². The Bertz CT molecular complexity index is 635. The molecule has 2 rings (SSSR count). The SMILES string of the molecule is [N-]=[N+]=NCCCN1C(=O)c2cccnc2S1(=O)=O. The zero-order chi connectivity index (χ0) is 13.2. The highest BCUT2D eigenvalue weighted by Gasteiger charge is 2.41. The van der Waals surface area contributed by atoms with Crippen molar-refractivity contribution in [2.45, 2.75) is 11.4 Å². The Morgan fingerprint density at radius 3 is 2.94 bits per heavy atom. The molecule has 1 aromatic rings. The van der Waals surface area contributed by atoms with Gasteiger partial charge in [0.05, 0.1) is 5.56 Å². The first kappa shape index (κ1) is 12.3. The van der Waals surface area contributed by atoms with E-state index in [4.69, 9.17) is 5.53 Å². The van der Waals surface area contributed by atoms with Gasteiger partial charge in [0.15, 0.2) is 5.03 Å². The van der Waals surface area contributed by atoms with E-state index in [1.54, 1.807) is 0 Å². The van der Waals surface area contributed by atoms with Crippen molar-refractivity contribution in [1.29, 1.82) is 0 Å². The third-order valence-electron chi connectivity index (χ3n) is 2.45. The largest absolute Gasteiger partial charge is 0.285 e. The van der Waals surface area contributed by atoms with Crippen LogP contribution in [0.2, 0.25) is 0 Å². The first-order valence-electron chi connectivity index (χ1n) is 5.12. The van der Waals surface area contributed by atoms with Gasteiger partial charge in [-0.05, 0) is 24.1 Å². The van der Waals surface area contributed by atoms with Crippen LogP contribution < -0.4 is 0 Å². The molecule has 0 radical (unpaired) electrons. The van der Waals surface area contributed by atoms with Gasteiger partial charge in [-0.15, -0.1) is 0 Å². The van der Waals surface area contributed by atoms with Crippen molar-refractivity contribution >= 4 is 15.9 Å². The molecule has 0 aromatic carbocycles. The molecular weight excluding hydrogens is 258 g/mol. The van der Waals surface area contributed by atoms with Crippen molar-refractivity contribution in [3.8, 4) is 0 Å². The molecule has 0 aliphatic carbocycles. The van der Waals surface area contributed by atoms with Crippen molar-refractivity contribution in [3.05, 3.63) is 34.3 Å². The van der Waals surface area contributed by atoms with E-state index in [-0.39, 0.29) is 30.1 Å². The number of carbonyl (C=O) groups excluding carboxylic acids is 1. The monoisotopic (exact) mass is 267 g/mol. The number of azide groups is 1. The van der Waals surface area contributed by atoms with Crippen molar-refractivity contribution < 1.29 is 13.2 Å². The summed E-state index contributed by atoms with van der Waals surface area (Å²) in [4.78, 5) is 18.2. The first-order valence-corrected chi connectivity index (χ1v) is 6.56. The number of pyridine rings is 1. The van der Waals surface area contributed by atoms with Gasteiger partial charge in [0.2, 0.25) is 0 Å². The van der Waals surface area contributed by atoms with Crippen LogP contribution in [0.5, 0.6) is 0 Å². The smallest absolute Gasteiger partial charge is 0.268 e. The topological polar surface area (TPSA) is 116 Å². The number of sulfonamides is 1. The molecule has 94 valence electrons. The number of fused-ring (bicyclic) bond motifs is 1. The lowest BCUT2D eigenvalue weighted by molar-refractivity contribution is 0.0870. The number of aromatic nitrogens is 1. The van der Waals surface area contributed by atoms with Crippen LogP contribution in [0.25, 0.3) is 10.4 Å². The Balaban J connectivity index is 2.25. The predicted molar refractivity (Wildman–Crippen MR) is 61.1 cm³/mol. The molecular formula is C9H9N5O3S. The van der Waals surface area contributed by atoms with Crippen LogP contribution in [0.4, 0.5) is 0 Å². The summed E-state index contributed by atoms with van der Waals surface area (Å²) in [6, 6.07) is 2.94. The van der Waals surface area contributed by atoms with E-state index in [0.29, 0.717) is 0 Å². The van der Waals surface area contributed by atoms with E-state index in [0.717, 1.165) is 4.31 Å². The van der Waals surface area contributed by atoms with Crippen molar-refractivity contribution in [2.75, 3.05) is 13.1 Å². The molecule has 2 heterocycles.